The molecule has 1 saturated carbocycles. The van der Waals surface area contributed by atoms with E-state index < -0.39 is 29.9 Å². The van der Waals surface area contributed by atoms with Gasteiger partial charge in [-0.3, -0.25) is 9.69 Å². The third-order valence-corrected chi connectivity index (χ3v) is 7.97. The van der Waals surface area contributed by atoms with E-state index in [0.29, 0.717) is 41.7 Å². The van der Waals surface area contributed by atoms with Crippen LogP contribution in [0.15, 0.2) is 30.3 Å². The normalized spacial score (nSPS) is 22.5. The number of aryl methyl sites for hydroxylation is 2. The Morgan fingerprint density at radius 1 is 1.19 bits per heavy atom. The zero-order valence-corrected chi connectivity index (χ0v) is 21.3. The van der Waals surface area contributed by atoms with Crippen LogP contribution >= 0.6 is 0 Å². The number of aliphatic hydroxyl groups excluding tert-OH is 1. The van der Waals surface area contributed by atoms with Crippen molar-refractivity contribution >= 4 is 28.8 Å². The second kappa shape index (κ2) is 9.78. The number of imidazole rings is 1. The van der Waals surface area contributed by atoms with Gasteiger partial charge in [0.15, 0.2) is 0 Å². The molecule has 2 N–H and O–H groups in total. The quantitative estimate of drug-likeness (QED) is 0.495. The first kappa shape index (κ1) is 25.2. The van der Waals surface area contributed by atoms with Crippen LogP contribution in [0.4, 0.5) is 14.9 Å². The fourth-order valence-electron chi connectivity index (χ4n) is 5.92. The van der Waals surface area contributed by atoms with E-state index in [2.05, 4.69) is 0 Å². The van der Waals surface area contributed by atoms with Gasteiger partial charge in [0.05, 0.1) is 29.7 Å². The number of nitrogens with zero attached hydrogens (tertiary/aromatic N) is 3. The first-order valence-electron chi connectivity index (χ1n) is 12.8. The van der Waals surface area contributed by atoms with Crippen molar-refractivity contribution in [1.29, 1.82) is 0 Å². The first-order valence-corrected chi connectivity index (χ1v) is 12.8. The Kier molecular flexibility index (Phi) is 6.66. The van der Waals surface area contributed by atoms with E-state index in [9.17, 15) is 24.2 Å². The van der Waals surface area contributed by atoms with Crippen LogP contribution in [0.5, 0.6) is 0 Å². The molecule has 3 aromatic rings. The molecule has 2 aliphatic rings. The van der Waals surface area contributed by atoms with Crippen molar-refractivity contribution in [2.24, 2.45) is 5.92 Å². The first-order chi connectivity index (χ1) is 17.7. The monoisotopic (exact) mass is 509 g/mol. The topological polar surface area (TPSA) is 105 Å². The molecule has 0 unspecified atom stereocenters. The van der Waals surface area contributed by atoms with Gasteiger partial charge in [0.25, 0.3) is 0 Å². The number of carboxylic acid groups (broad SMARTS) is 1. The summed E-state index contributed by atoms with van der Waals surface area (Å²) in [7, 11) is 1.35. The van der Waals surface area contributed by atoms with Gasteiger partial charge >= 0.3 is 12.1 Å². The Balaban J connectivity index is 1.70. The molecule has 8 nitrogen and oxygen atoms in total. The van der Waals surface area contributed by atoms with Gasteiger partial charge in [0, 0.05) is 17.6 Å². The maximum absolute atomic E-state index is 14.4. The van der Waals surface area contributed by atoms with Crippen molar-refractivity contribution in [2.45, 2.75) is 70.6 Å². The second-order valence-corrected chi connectivity index (χ2v) is 10.3. The summed E-state index contributed by atoms with van der Waals surface area (Å²) >= 11 is 0. The van der Waals surface area contributed by atoms with E-state index in [1.54, 1.807) is 24.0 Å². The van der Waals surface area contributed by atoms with Crippen molar-refractivity contribution in [3.05, 3.63) is 58.7 Å². The minimum atomic E-state index is -1.21. The molecule has 5 rings (SSSR count). The smallest absolute Gasteiger partial charge is 0.414 e. The Morgan fingerprint density at radius 2 is 1.97 bits per heavy atom. The highest BCUT2D eigenvalue weighted by atomic mass is 19.1. The van der Waals surface area contributed by atoms with Crippen LogP contribution in [-0.4, -0.2) is 45.0 Å². The third kappa shape index (κ3) is 4.35. The van der Waals surface area contributed by atoms with E-state index in [4.69, 9.17) is 9.72 Å². The number of halogens is 1. The summed E-state index contributed by atoms with van der Waals surface area (Å²) in [5.41, 5.74) is 3.90. The van der Waals surface area contributed by atoms with Gasteiger partial charge in [-0.2, -0.15) is 0 Å². The van der Waals surface area contributed by atoms with E-state index >= 15 is 0 Å². The number of methoxy groups -OCH3 is 1. The molecule has 1 amide bonds. The van der Waals surface area contributed by atoms with E-state index in [-0.39, 0.29) is 12.1 Å². The number of carbonyl (C=O) groups excluding carboxylic acids is 1. The van der Waals surface area contributed by atoms with Crippen molar-refractivity contribution < 1.29 is 28.9 Å². The number of ether oxygens (including phenoxy) is 1. The molecule has 0 saturated heterocycles. The second-order valence-electron chi connectivity index (χ2n) is 10.3. The number of aromatic nitrogens is 2. The van der Waals surface area contributed by atoms with Crippen molar-refractivity contribution in [3.63, 3.8) is 0 Å². The van der Waals surface area contributed by atoms with E-state index in [1.807, 2.05) is 23.6 Å². The Labute approximate surface area is 214 Å². The number of anilines is 1. The number of hydrogen-bond acceptors (Lipinski definition) is 5. The number of hydrogen-bond donors (Lipinski definition) is 2. The molecule has 1 aromatic heterocycles. The molecule has 4 atom stereocenters. The SMILES string of the molecule is COC(=O)N1c2ccc3c(nc([C@@H](O)c4ccc(C)c(F)c4)n3[C@@H]3CCC[C@@H](C(=O)O)C3)c2CC[C@@H]1C. The van der Waals surface area contributed by atoms with Gasteiger partial charge in [-0.05, 0) is 75.3 Å². The zero-order chi connectivity index (χ0) is 26.4. The average molecular weight is 510 g/mol. The molecule has 9 heteroatoms. The molecule has 1 aliphatic heterocycles. The molecular formula is C28H32FN3O5. The number of fused-ring (bicyclic) bond motifs is 3. The zero-order valence-electron chi connectivity index (χ0n) is 21.3. The Morgan fingerprint density at radius 3 is 2.68 bits per heavy atom. The van der Waals surface area contributed by atoms with Gasteiger partial charge in [-0.15, -0.1) is 0 Å². The molecule has 1 aliphatic carbocycles. The van der Waals surface area contributed by atoms with Crippen LogP contribution in [0.1, 0.15) is 73.7 Å². The maximum Gasteiger partial charge on any atom is 0.414 e. The molecule has 0 bridgehead atoms. The van der Waals surface area contributed by atoms with Crippen LogP contribution in [0.3, 0.4) is 0 Å². The molecular weight excluding hydrogens is 477 g/mol. The minimum absolute atomic E-state index is 0.0465. The summed E-state index contributed by atoms with van der Waals surface area (Å²) in [6.45, 7) is 3.63. The third-order valence-electron chi connectivity index (χ3n) is 7.97. The molecule has 1 fully saturated rings. The molecule has 2 heterocycles. The fourth-order valence-corrected chi connectivity index (χ4v) is 5.92. The fraction of sp³-hybridized carbons (Fsp3) is 0.464. The number of carbonyl (C=O) groups is 2. The van der Waals surface area contributed by atoms with Gasteiger partial charge in [0.1, 0.15) is 17.7 Å². The number of aliphatic carboxylic acids is 1. The van der Waals surface area contributed by atoms with Crippen molar-refractivity contribution in [2.75, 3.05) is 12.0 Å². The van der Waals surface area contributed by atoms with E-state index in [1.165, 1.54) is 13.2 Å². The van der Waals surface area contributed by atoms with Gasteiger partial charge in [-0.25, -0.2) is 14.2 Å². The number of benzene rings is 2. The number of aliphatic hydroxyl groups is 1. The van der Waals surface area contributed by atoms with Crippen LogP contribution in [-0.2, 0) is 16.0 Å². The highest BCUT2D eigenvalue weighted by molar-refractivity contribution is 5.95. The highest BCUT2D eigenvalue weighted by Crippen LogP contribution is 2.42. The van der Waals surface area contributed by atoms with Gasteiger partial charge in [0.2, 0.25) is 0 Å². The summed E-state index contributed by atoms with van der Waals surface area (Å²) in [5, 5.41) is 21.2. The predicted molar refractivity (Wildman–Crippen MR) is 136 cm³/mol. The van der Waals surface area contributed by atoms with Crippen LogP contribution in [0.25, 0.3) is 11.0 Å². The Hall–Kier alpha value is -3.46. The van der Waals surface area contributed by atoms with Crippen LogP contribution in [0.2, 0.25) is 0 Å². The Bertz CT molecular complexity index is 1370. The van der Waals surface area contributed by atoms with E-state index in [0.717, 1.165) is 36.0 Å². The molecule has 37 heavy (non-hydrogen) atoms. The largest absolute Gasteiger partial charge is 0.481 e. The minimum Gasteiger partial charge on any atom is -0.481 e. The molecule has 0 spiro atoms. The predicted octanol–water partition coefficient (Wildman–Crippen LogP) is 5.29. The molecule has 0 radical (unpaired) electrons. The molecule has 196 valence electrons. The lowest BCUT2D eigenvalue weighted by Gasteiger charge is -2.34. The van der Waals surface area contributed by atoms with Gasteiger partial charge in [-0.1, -0.05) is 18.6 Å². The number of rotatable bonds is 4. The summed E-state index contributed by atoms with van der Waals surface area (Å²) in [4.78, 5) is 31.0. The van der Waals surface area contributed by atoms with Crippen molar-refractivity contribution in [3.8, 4) is 0 Å². The standard InChI is InChI=1S/C28H32FN3O5/c1-15-7-9-17(14-21(15)29)25(33)26-30-24-20-10-8-16(2)31(28(36)37-3)22(20)11-12-23(24)32(26)19-6-4-5-18(13-19)27(34)35/h7,9,11-12,14,16,18-19,25,33H,4-6,8,10,13H2,1-3H3,(H,34,35)/t16-,18+,19+,25-/m0/s1. The lowest BCUT2D eigenvalue weighted by atomic mass is 9.85. The summed E-state index contributed by atoms with van der Waals surface area (Å²) in [6, 6.07) is 8.16. The summed E-state index contributed by atoms with van der Waals surface area (Å²) < 4.78 is 21.4. The van der Waals surface area contributed by atoms with Crippen LogP contribution < -0.4 is 4.90 Å². The van der Waals surface area contributed by atoms with Crippen molar-refractivity contribution in [1.82, 2.24) is 9.55 Å². The maximum atomic E-state index is 14.4. The van der Waals surface area contributed by atoms with Crippen LogP contribution in [0, 0.1) is 18.7 Å². The molecule has 2 aromatic carbocycles. The number of amides is 1. The van der Waals surface area contributed by atoms with Gasteiger partial charge < -0.3 is 19.5 Å². The summed E-state index contributed by atoms with van der Waals surface area (Å²) in [6.07, 6.45) is 2.29. The lowest BCUT2D eigenvalue weighted by Crippen LogP contribution is -2.42. The number of carboxylic acids is 1. The summed E-state index contributed by atoms with van der Waals surface area (Å²) in [5.74, 6) is -1.36. The lowest BCUT2D eigenvalue weighted by molar-refractivity contribution is -0.143. The average Bonchev–Trinajstić information content (AvgIpc) is 3.29. The highest BCUT2D eigenvalue weighted by Gasteiger charge is 2.35.